The summed E-state index contributed by atoms with van der Waals surface area (Å²) >= 11 is 0. The Kier molecular flexibility index (Phi) is 5.05. The van der Waals surface area contributed by atoms with Gasteiger partial charge in [0.05, 0.1) is 7.11 Å². The fourth-order valence-corrected chi connectivity index (χ4v) is 2.15. The third kappa shape index (κ3) is 3.33. The van der Waals surface area contributed by atoms with Crippen LogP contribution in [-0.2, 0) is 0 Å². The molecule has 1 aromatic carbocycles. The highest BCUT2D eigenvalue weighted by Gasteiger charge is 2.22. The molecule has 0 saturated carbocycles. The van der Waals surface area contributed by atoms with Crippen molar-refractivity contribution in [3.8, 4) is 17.2 Å². The Bertz CT molecular complexity index is 452. The second-order valence-corrected chi connectivity index (χ2v) is 5.00. The molecule has 1 aliphatic heterocycles. The van der Waals surface area contributed by atoms with E-state index in [4.69, 9.17) is 19.9 Å². The SMILES string of the molecule is COc1cc(C(CN)NCCN(C)C)cc2c1OCO2. The van der Waals surface area contributed by atoms with Crippen molar-refractivity contribution in [2.75, 3.05) is 47.6 Å². The van der Waals surface area contributed by atoms with Crippen LogP contribution in [0.4, 0.5) is 0 Å². The molecule has 6 heteroatoms. The molecular weight excluding hydrogens is 258 g/mol. The molecule has 3 N–H and O–H groups in total. The van der Waals surface area contributed by atoms with Crippen LogP contribution in [0, 0.1) is 0 Å². The molecule has 0 aliphatic carbocycles. The lowest BCUT2D eigenvalue weighted by Crippen LogP contribution is -2.33. The van der Waals surface area contributed by atoms with Gasteiger partial charge in [-0.1, -0.05) is 0 Å². The van der Waals surface area contributed by atoms with E-state index in [-0.39, 0.29) is 12.8 Å². The van der Waals surface area contributed by atoms with E-state index in [1.165, 1.54) is 0 Å². The second kappa shape index (κ2) is 6.78. The van der Waals surface area contributed by atoms with Gasteiger partial charge in [0, 0.05) is 25.7 Å². The molecule has 1 unspecified atom stereocenters. The van der Waals surface area contributed by atoms with E-state index < -0.39 is 0 Å². The van der Waals surface area contributed by atoms with Crippen molar-refractivity contribution in [2.24, 2.45) is 5.73 Å². The Morgan fingerprint density at radius 2 is 2.20 bits per heavy atom. The number of hydrogen-bond donors (Lipinski definition) is 2. The summed E-state index contributed by atoms with van der Waals surface area (Å²) in [7, 11) is 5.71. The first-order chi connectivity index (χ1) is 9.65. The van der Waals surface area contributed by atoms with E-state index >= 15 is 0 Å². The molecular formula is C14H23N3O3. The molecule has 6 nitrogen and oxygen atoms in total. The number of fused-ring (bicyclic) bond motifs is 1. The van der Waals surface area contributed by atoms with Crippen LogP contribution in [0.15, 0.2) is 12.1 Å². The van der Waals surface area contributed by atoms with Crippen molar-refractivity contribution in [3.05, 3.63) is 17.7 Å². The first kappa shape index (κ1) is 14.9. The predicted octanol–water partition coefficient (Wildman–Crippen LogP) is 0.575. The lowest BCUT2D eigenvalue weighted by Gasteiger charge is -2.20. The van der Waals surface area contributed by atoms with Crippen LogP contribution in [0.3, 0.4) is 0 Å². The average Bonchev–Trinajstić information content (AvgIpc) is 2.90. The van der Waals surface area contributed by atoms with Gasteiger partial charge in [0.2, 0.25) is 12.5 Å². The number of rotatable bonds is 7. The number of likely N-dealkylation sites (N-methyl/N-ethyl adjacent to an activating group) is 1. The maximum atomic E-state index is 5.87. The van der Waals surface area contributed by atoms with Gasteiger partial charge < -0.3 is 30.2 Å². The summed E-state index contributed by atoms with van der Waals surface area (Å²) in [6.07, 6.45) is 0. The van der Waals surface area contributed by atoms with Gasteiger partial charge in [-0.15, -0.1) is 0 Å². The van der Waals surface area contributed by atoms with Crippen LogP contribution >= 0.6 is 0 Å². The monoisotopic (exact) mass is 281 g/mol. The predicted molar refractivity (Wildman–Crippen MR) is 77.5 cm³/mol. The van der Waals surface area contributed by atoms with Gasteiger partial charge in [-0.3, -0.25) is 0 Å². The Balaban J connectivity index is 2.13. The Labute approximate surface area is 119 Å². The Hall–Kier alpha value is -1.50. The minimum Gasteiger partial charge on any atom is -0.493 e. The first-order valence-corrected chi connectivity index (χ1v) is 6.71. The van der Waals surface area contributed by atoms with E-state index in [1.807, 2.05) is 26.2 Å². The van der Waals surface area contributed by atoms with Crippen molar-refractivity contribution in [2.45, 2.75) is 6.04 Å². The molecule has 0 amide bonds. The molecule has 0 bridgehead atoms. The van der Waals surface area contributed by atoms with E-state index in [9.17, 15) is 0 Å². The molecule has 0 aromatic heterocycles. The van der Waals surface area contributed by atoms with E-state index in [0.29, 0.717) is 23.8 Å². The summed E-state index contributed by atoms with van der Waals surface area (Å²) < 4.78 is 16.2. The Morgan fingerprint density at radius 3 is 2.85 bits per heavy atom. The number of nitrogens with two attached hydrogens (primary N) is 1. The van der Waals surface area contributed by atoms with E-state index in [0.717, 1.165) is 18.7 Å². The van der Waals surface area contributed by atoms with Gasteiger partial charge in [0.15, 0.2) is 11.5 Å². The molecule has 20 heavy (non-hydrogen) atoms. The topological polar surface area (TPSA) is 69.0 Å². The lowest BCUT2D eigenvalue weighted by molar-refractivity contribution is 0.171. The number of benzene rings is 1. The summed E-state index contributed by atoms with van der Waals surface area (Å²) in [4.78, 5) is 2.13. The fraction of sp³-hybridized carbons (Fsp3) is 0.571. The van der Waals surface area contributed by atoms with Gasteiger partial charge in [0.1, 0.15) is 0 Å². The number of nitrogens with one attached hydrogen (secondary N) is 1. The fourth-order valence-electron chi connectivity index (χ4n) is 2.15. The van der Waals surface area contributed by atoms with Crippen LogP contribution < -0.4 is 25.3 Å². The molecule has 0 spiro atoms. The maximum absolute atomic E-state index is 5.87. The molecule has 1 aliphatic rings. The molecule has 0 fully saturated rings. The molecule has 0 radical (unpaired) electrons. The highest BCUT2D eigenvalue weighted by atomic mass is 16.7. The van der Waals surface area contributed by atoms with Crippen LogP contribution in [0.2, 0.25) is 0 Å². The van der Waals surface area contributed by atoms with Crippen LogP contribution in [-0.4, -0.2) is 52.5 Å². The number of ether oxygens (including phenoxy) is 3. The summed E-state index contributed by atoms with van der Waals surface area (Å²) in [6, 6.07) is 3.98. The van der Waals surface area contributed by atoms with Crippen molar-refractivity contribution >= 4 is 0 Å². The summed E-state index contributed by atoms with van der Waals surface area (Å²) in [5.41, 5.74) is 6.92. The molecule has 1 aromatic rings. The van der Waals surface area contributed by atoms with E-state index in [1.54, 1.807) is 7.11 Å². The third-order valence-electron chi connectivity index (χ3n) is 3.27. The normalized spacial score (nSPS) is 14.7. The van der Waals surface area contributed by atoms with Gasteiger partial charge in [0.25, 0.3) is 0 Å². The van der Waals surface area contributed by atoms with Gasteiger partial charge >= 0.3 is 0 Å². The number of methoxy groups -OCH3 is 1. The average molecular weight is 281 g/mol. The van der Waals surface area contributed by atoms with Crippen molar-refractivity contribution in [1.29, 1.82) is 0 Å². The highest BCUT2D eigenvalue weighted by molar-refractivity contribution is 5.55. The molecule has 2 rings (SSSR count). The highest BCUT2D eigenvalue weighted by Crippen LogP contribution is 2.42. The zero-order chi connectivity index (χ0) is 14.5. The van der Waals surface area contributed by atoms with Crippen molar-refractivity contribution in [3.63, 3.8) is 0 Å². The standard InChI is InChI=1S/C14H23N3O3/c1-17(2)5-4-16-11(8-15)10-6-12(18-3)14-13(7-10)19-9-20-14/h6-7,11,16H,4-5,8-9,15H2,1-3H3. The summed E-state index contributed by atoms with van der Waals surface area (Å²) in [5, 5.41) is 3.44. The van der Waals surface area contributed by atoms with Crippen molar-refractivity contribution in [1.82, 2.24) is 10.2 Å². The largest absolute Gasteiger partial charge is 0.493 e. The van der Waals surface area contributed by atoms with Crippen LogP contribution in [0.1, 0.15) is 11.6 Å². The minimum absolute atomic E-state index is 0.0679. The zero-order valence-corrected chi connectivity index (χ0v) is 12.3. The van der Waals surface area contributed by atoms with Crippen molar-refractivity contribution < 1.29 is 14.2 Å². The molecule has 1 heterocycles. The quantitative estimate of drug-likeness (QED) is 0.762. The number of nitrogens with zero attached hydrogens (tertiary/aromatic N) is 1. The van der Waals surface area contributed by atoms with E-state index in [2.05, 4.69) is 10.2 Å². The second-order valence-electron chi connectivity index (χ2n) is 5.00. The lowest BCUT2D eigenvalue weighted by atomic mass is 10.1. The third-order valence-corrected chi connectivity index (χ3v) is 3.27. The zero-order valence-electron chi connectivity index (χ0n) is 12.3. The summed E-state index contributed by atoms with van der Waals surface area (Å²) in [6.45, 7) is 2.57. The maximum Gasteiger partial charge on any atom is 0.231 e. The van der Waals surface area contributed by atoms with Crippen LogP contribution in [0.25, 0.3) is 0 Å². The smallest absolute Gasteiger partial charge is 0.231 e. The Morgan fingerprint density at radius 1 is 1.40 bits per heavy atom. The first-order valence-electron chi connectivity index (χ1n) is 6.71. The number of hydrogen-bond acceptors (Lipinski definition) is 6. The van der Waals surface area contributed by atoms with Gasteiger partial charge in [-0.2, -0.15) is 0 Å². The summed E-state index contributed by atoms with van der Waals surface area (Å²) in [5.74, 6) is 2.07. The molecule has 1 atom stereocenters. The van der Waals surface area contributed by atoms with Crippen LogP contribution in [0.5, 0.6) is 17.2 Å². The van der Waals surface area contributed by atoms with Gasteiger partial charge in [-0.05, 0) is 31.8 Å². The minimum atomic E-state index is 0.0679. The molecule has 0 saturated heterocycles. The molecule has 112 valence electrons. The van der Waals surface area contributed by atoms with Gasteiger partial charge in [-0.25, -0.2) is 0 Å².